The van der Waals surface area contributed by atoms with Gasteiger partial charge in [0.1, 0.15) is 23.9 Å². The van der Waals surface area contributed by atoms with Crippen LogP contribution in [0.5, 0.6) is 11.5 Å². The molecule has 0 saturated heterocycles. The first kappa shape index (κ1) is 20.8. The monoisotopic (exact) mass is 435 g/mol. The summed E-state index contributed by atoms with van der Waals surface area (Å²) in [4.78, 5) is 17.3. The lowest BCUT2D eigenvalue weighted by Crippen LogP contribution is -2.25. The number of para-hydroxylation sites is 2. The molecule has 0 aliphatic carbocycles. The van der Waals surface area contributed by atoms with E-state index in [0.29, 0.717) is 36.0 Å². The molecule has 3 aromatic carbocycles. The maximum absolute atomic E-state index is 12.6. The number of fused-ring (bicyclic) bond motifs is 1. The predicted octanol–water partition coefficient (Wildman–Crippen LogP) is 4.71. The van der Waals surface area contributed by atoms with Crippen LogP contribution in [0.1, 0.15) is 16.2 Å². The number of aromatic nitrogens is 2. The van der Waals surface area contributed by atoms with Crippen LogP contribution in [0.15, 0.2) is 72.8 Å². The van der Waals surface area contributed by atoms with E-state index in [1.807, 2.05) is 36.4 Å². The van der Waals surface area contributed by atoms with Crippen LogP contribution in [0, 0.1) is 0 Å². The quantitative estimate of drug-likeness (QED) is 0.435. The van der Waals surface area contributed by atoms with Crippen LogP contribution < -0.4 is 14.8 Å². The first-order valence-electron chi connectivity index (χ1n) is 9.89. The fourth-order valence-electron chi connectivity index (χ4n) is 3.32. The maximum Gasteiger partial charge on any atom is 0.251 e. The van der Waals surface area contributed by atoms with E-state index in [0.717, 1.165) is 22.6 Å². The van der Waals surface area contributed by atoms with Gasteiger partial charge in [-0.15, -0.1) is 0 Å². The van der Waals surface area contributed by atoms with Crippen molar-refractivity contribution in [3.05, 3.63) is 89.2 Å². The molecule has 0 fully saturated rings. The molecule has 0 saturated carbocycles. The molecule has 1 amide bonds. The van der Waals surface area contributed by atoms with Crippen LogP contribution in [0.2, 0.25) is 5.02 Å². The Hall–Kier alpha value is -3.51. The highest BCUT2D eigenvalue weighted by Crippen LogP contribution is 2.18. The van der Waals surface area contributed by atoms with Gasteiger partial charge in [-0.3, -0.25) is 4.79 Å². The van der Waals surface area contributed by atoms with Gasteiger partial charge in [-0.2, -0.15) is 0 Å². The van der Waals surface area contributed by atoms with Crippen molar-refractivity contribution < 1.29 is 14.3 Å². The van der Waals surface area contributed by atoms with Gasteiger partial charge in [0.25, 0.3) is 5.91 Å². The van der Waals surface area contributed by atoms with Gasteiger partial charge in [0.05, 0.1) is 31.2 Å². The van der Waals surface area contributed by atoms with Crippen LogP contribution in [0.25, 0.3) is 11.0 Å². The minimum Gasteiger partial charge on any atom is -0.497 e. The molecule has 31 heavy (non-hydrogen) atoms. The second kappa shape index (κ2) is 9.53. The third-order valence-electron chi connectivity index (χ3n) is 4.87. The molecule has 0 radical (unpaired) electrons. The Kier molecular flexibility index (Phi) is 6.38. The number of nitrogens with one attached hydrogen (secondary N) is 1. The summed E-state index contributed by atoms with van der Waals surface area (Å²) in [7, 11) is 1.57. The molecule has 6 nitrogen and oxygen atoms in total. The first-order chi connectivity index (χ1) is 15.1. The summed E-state index contributed by atoms with van der Waals surface area (Å²) in [6.45, 7) is 1.35. The van der Waals surface area contributed by atoms with E-state index >= 15 is 0 Å². The van der Waals surface area contributed by atoms with Crippen molar-refractivity contribution in [3.8, 4) is 11.5 Å². The third-order valence-corrected chi connectivity index (χ3v) is 5.12. The topological polar surface area (TPSA) is 65.4 Å². The lowest BCUT2D eigenvalue weighted by atomic mass is 10.2. The van der Waals surface area contributed by atoms with Gasteiger partial charge in [-0.25, -0.2) is 4.98 Å². The number of imidazole rings is 1. The third kappa shape index (κ3) is 4.98. The van der Waals surface area contributed by atoms with Crippen LogP contribution in [-0.2, 0) is 13.1 Å². The molecule has 0 bridgehead atoms. The van der Waals surface area contributed by atoms with E-state index in [9.17, 15) is 4.79 Å². The second-order valence-corrected chi connectivity index (χ2v) is 7.32. The minimum atomic E-state index is -0.185. The fraction of sp³-hybridized carbons (Fsp3) is 0.167. The summed E-state index contributed by atoms with van der Waals surface area (Å²) >= 11 is 5.93. The lowest BCUT2D eigenvalue weighted by molar-refractivity contribution is 0.0949. The fourth-order valence-corrected chi connectivity index (χ4v) is 3.45. The van der Waals surface area contributed by atoms with Crippen LogP contribution in [0.3, 0.4) is 0 Å². The van der Waals surface area contributed by atoms with E-state index in [1.54, 1.807) is 43.5 Å². The van der Waals surface area contributed by atoms with Crippen molar-refractivity contribution in [3.63, 3.8) is 0 Å². The number of amides is 1. The molecular formula is C24H22ClN3O3. The Labute approximate surface area is 185 Å². The summed E-state index contributed by atoms with van der Waals surface area (Å²) in [5.41, 5.74) is 2.40. The number of ether oxygens (including phenoxy) is 2. The van der Waals surface area contributed by atoms with Gasteiger partial charge in [-0.1, -0.05) is 29.8 Å². The Morgan fingerprint density at radius 3 is 2.65 bits per heavy atom. The van der Waals surface area contributed by atoms with Gasteiger partial charge in [-0.05, 0) is 54.6 Å². The van der Waals surface area contributed by atoms with Gasteiger partial charge in [0.15, 0.2) is 0 Å². The molecule has 4 rings (SSSR count). The van der Waals surface area contributed by atoms with E-state index in [2.05, 4.69) is 9.88 Å². The zero-order chi connectivity index (χ0) is 21.6. The Morgan fingerprint density at radius 1 is 1.03 bits per heavy atom. The lowest BCUT2D eigenvalue weighted by Gasteiger charge is -2.12. The SMILES string of the molecule is COc1cccc(C(=O)NCc2nc3ccccc3n2CCOc2ccc(Cl)cc2)c1. The average molecular weight is 436 g/mol. The highest BCUT2D eigenvalue weighted by atomic mass is 35.5. The molecule has 158 valence electrons. The zero-order valence-corrected chi connectivity index (χ0v) is 17.8. The summed E-state index contributed by atoms with van der Waals surface area (Å²) < 4.78 is 13.1. The van der Waals surface area contributed by atoms with Crippen LogP contribution in [-0.4, -0.2) is 29.2 Å². The van der Waals surface area contributed by atoms with Gasteiger partial charge >= 0.3 is 0 Å². The van der Waals surface area contributed by atoms with Gasteiger partial charge in [0, 0.05) is 10.6 Å². The number of carbonyl (C=O) groups excluding carboxylic acids is 1. The van der Waals surface area contributed by atoms with E-state index in [4.69, 9.17) is 26.1 Å². The van der Waals surface area contributed by atoms with E-state index in [1.165, 1.54) is 0 Å². The number of methoxy groups -OCH3 is 1. The van der Waals surface area contributed by atoms with E-state index < -0.39 is 0 Å². The first-order valence-corrected chi connectivity index (χ1v) is 10.3. The Morgan fingerprint density at radius 2 is 1.84 bits per heavy atom. The van der Waals surface area contributed by atoms with Crippen molar-refractivity contribution in [1.82, 2.24) is 14.9 Å². The number of hydrogen-bond donors (Lipinski definition) is 1. The normalized spacial score (nSPS) is 10.8. The van der Waals surface area contributed by atoms with Crippen LogP contribution >= 0.6 is 11.6 Å². The van der Waals surface area contributed by atoms with Crippen molar-refractivity contribution in [1.29, 1.82) is 0 Å². The van der Waals surface area contributed by atoms with Crippen molar-refractivity contribution in [2.45, 2.75) is 13.1 Å². The minimum absolute atomic E-state index is 0.185. The highest BCUT2D eigenvalue weighted by Gasteiger charge is 2.13. The predicted molar refractivity (Wildman–Crippen MR) is 121 cm³/mol. The number of rotatable bonds is 8. The van der Waals surface area contributed by atoms with Crippen molar-refractivity contribution in [2.75, 3.05) is 13.7 Å². The summed E-state index contributed by atoms with van der Waals surface area (Å²) in [6, 6.07) is 22.2. The molecule has 1 N–H and O–H groups in total. The second-order valence-electron chi connectivity index (χ2n) is 6.89. The summed E-state index contributed by atoms with van der Waals surface area (Å²) in [5.74, 6) is 1.97. The molecule has 0 spiro atoms. The molecule has 0 aliphatic heterocycles. The smallest absolute Gasteiger partial charge is 0.251 e. The maximum atomic E-state index is 12.6. The van der Waals surface area contributed by atoms with Gasteiger partial charge < -0.3 is 19.4 Å². The number of benzene rings is 3. The zero-order valence-electron chi connectivity index (χ0n) is 17.0. The van der Waals surface area contributed by atoms with E-state index in [-0.39, 0.29) is 5.91 Å². The summed E-state index contributed by atoms with van der Waals surface area (Å²) in [5, 5.41) is 3.62. The summed E-state index contributed by atoms with van der Waals surface area (Å²) in [6.07, 6.45) is 0. The molecule has 1 aromatic heterocycles. The molecule has 0 unspecified atom stereocenters. The van der Waals surface area contributed by atoms with Crippen molar-refractivity contribution in [2.24, 2.45) is 0 Å². The highest BCUT2D eigenvalue weighted by molar-refractivity contribution is 6.30. The Balaban J connectivity index is 1.47. The number of carbonyl (C=O) groups is 1. The molecule has 0 aliphatic rings. The molecule has 1 heterocycles. The van der Waals surface area contributed by atoms with Gasteiger partial charge in [0.2, 0.25) is 0 Å². The largest absolute Gasteiger partial charge is 0.497 e. The molecule has 0 atom stereocenters. The molecule has 7 heteroatoms. The Bertz CT molecular complexity index is 1190. The average Bonchev–Trinajstić information content (AvgIpc) is 3.16. The molecule has 4 aromatic rings. The van der Waals surface area contributed by atoms with Crippen LogP contribution in [0.4, 0.5) is 0 Å². The number of halogens is 1. The number of nitrogens with zero attached hydrogens (tertiary/aromatic N) is 2. The standard InChI is InChI=1S/C24H22ClN3O3/c1-30-20-6-4-5-17(15-20)24(29)26-16-23-27-21-7-2-3-8-22(21)28(23)13-14-31-19-11-9-18(25)10-12-19/h2-12,15H,13-14,16H2,1H3,(H,26,29). The number of hydrogen-bond acceptors (Lipinski definition) is 4. The molecular weight excluding hydrogens is 414 g/mol. The van der Waals surface area contributed by atoms with Crippen molar-refractivity contribution >= 4 is 28.5 Å².